The second-order valence-corrected chi connectivity index (χ2v) is 5.80. The van der Waals surface area contributed by atoms with Gasteiger partial charge in [-0.25, -0.2) is 0 Å². The highest BCUT2D eigenvalue weighted by molar-refractivity contribution is 4.96. The van der Waals surface area contributed by atoms with Crippen LogP contribution in [0.1, 0.15) is 46.0 Å². The van der Waals surface area contributed by atoms with Crippen molar-refractivity contribution in [1.82, 2.24) is 5.32 Å². The average Bonchev–Trinajstić information content (AvgIpc) is 2.99. The maximum atomic E-state index is 9.30. The first-order valence-corrected chi connectivity index (χ1v) is 6.58. The summed E-state index contributed by atoms with van der Waals surface area (Å²) >= 11 is 0. The van der Waals surface area contributed by atoms with Crippen LogP contribution in [0.3, 0.4) is 0 Å². The SMILES string of the molecule is CC(O)CC(C)CNC(C1CC1)C1CC1. The Morgan fingerprint density at radius 1 is 1.13 bits per heavy atom. The van der Waals surface area contributed by atoms with Crippen LogP contribution >= 0.6 is 0 Å². The number of rotatable bonds is 7. The van der Waals surface area contributed by atoms with Gasteiger partial charge in [-0.3, -0.25) is 0 Å². The van der Waals surface area contributed by atoms with Crippen LogP contribution in [0.4, 0.5) is 0 Å². The molecule has 2 nitrogen and oxygen atoms in total. The molecule has 0 spiro atoms. The Kier molecular flexibility index (Phi) is 3.68. The van der Waals surface area contributed by atoms with Gasteiger partial charge in [-0.1, -0.05) is 6.92 Å². The van der Waals surface area contributed by atoms with Gasteiger partial charge < -0.3 is 10.4 Å². The fourth-order valence-corrected chi connectivity index (χ4v) is 2.63. The van der Waals surface area contributed by atoms with Gasteiger partial charge in [0.05, 0.1) is 6.10 Å². The number of aliphatic hydroxyl groups is 1. The predicted octanol–water partition coefficient (Wildman–Crippen LogP) is 2.17. The number of hydrogen-bond donors (Lipinski definition) is 2. The Balaban J connectivity index is 1.66. The summed E-state index contributed by atoms with van der Waals surface area (Å²) in [6.07, 6.45) is 6.55. The monoisotopic (exact) mass is 211 g/mol. The highest BCUT2D eigenvalue weighted by Gasteiger charge is 2.41. The van der Waals surface area contributed by atoms with Crippen LogP contribution in [0.15, 0.2) is 0 Å². The molecular formula is C13H25NO. The fourth-order valence-electron chi connectivity index (χ4n) is 2.63. The van der Waals surface area contributed by atoms with Crippen LogP contribution in [-0.2, 0) is 0 Å². The van der Waals surface area contributed by atoms with E-state index in [0.29, 0.717) is 5.92 Å². The fraction of sp³-hybridized carbons (Fsp3) is 1.00. The molecule has 15 heavy (non-hydrogen) atoms. The van der Waals surface area contributed by atoms with Crippen molar-refractivity contribution in [2.75, 3.05) is 6.54 Å². The smallest absolute Gasteiger partial charge is 0.0515 e. The van der Waals surface area contributed by atoms with Crippen molar-refractivity contribution in [2.45, 2.75) is 58.1 Å². The lowest BCUT2D eigenvalue weighted by Gasteiger charge is -2.21. The zero-order valence-corrected chi connectivity index (χ0v) is 10.1. The van der Waals surface area contributed by atoms with Gasteiger partial charge in [0.1, 0.15) is 0 Å². The van der Waals surface area contributed by atoms with Gasteiger partial charge in [0.15, 0.2) is 0 Å². The summed E-state index contributed by atoms with van der Waals surface area (Å²) in [6, 6.07) is 0.807. The van der Waals surface area contributed by atoms with Gasteiger partial charge in [-0.2, -0.15) is 0 Å². The topological polar surface area (TPSA) is 32.3 Å². The van der Waals surface area contributed by atoms with E-state index in [9.17, 15) is 5.11 Å². The zero-order valence-electron chi connectivity index (χ0n) is 10.1. The van der Waals surface area contributed by atoms with E-state index in [4.69, 9.17) is 0 Å². The van der Waals surface area contributed by atoms with Gasteiger partial charge in [0.25, 0.3) is 0 Å². The van der Waals surface area contributed by atoms with Crippen LogP contribution in [-0.4, -0.2) is 23.8 Å². The summed E-state index contributed by atoms with van der Waals surface area (Å²) in [7, 11) is 0. The lowest BCUT2D eigenvalue weighted by Crippen LogP contribution is -2.36. The van der Waals surface area contributed by atoms with E-state index in [1.807, 2.05) is 6.92 Å². The molecule has 2 rings (SSSR count). The van der Waals surface area contributed by atoms with Gasteiger partial charge in [-0.05, 0) is 63.3 Å². The molecule has 2 aliphatic carbocycles. The maximum absolute atomic E-state index is 9.30. The number of aliphatic hydroxyl groups excluding tert-OH is 1. The van der Waals surface area contributed by atoms with Gasteiger partial charge >= 0.3 is 0 Å². The molecule has 2 unspecified atom stereocenters. The molecule has 0 radical (unpaired) electrons. The van der Waals surface area contributed by atoms with Crippen LogP contribution in [0, 0.1) is 17.8 Å². The van der Waals surface area contributed by atoms with Crippen molar-refractivity contribution in [3.05, 3.63) is 0 Å². The van der Waals surface area contributed by atoms with E-state index in [1.165, 1.54) is 25.7 Å². The minimum Gasteiger partial charge on any atom is -0.393 e. The van der Waals surface area contributed by atoms with Crippen molar-refractivity contribution in [2.24, 2.45) is 17.8 Å². The highest BCUT2D eigenvalue weighted by atomic mass is 16.3. The summed E-state index contributed by atoms with van der Waals surface area (Å²) in [5.41, 5.74) is 0. The van der Waals surface area contributed by atoms with E-state index >= 15 is 0 Å². The Hall–Kier alpha value is -0.0800. The molecule has 2 saturated carbocycles. The van der Waals surface area contributed by atoms with E-state index in [2.05, 4.69) is 12.2 Å². The molecule has 0 aromatic rings. The molecule has 0 aromatic carbocycles. The largest absolute Gasteiger partial charge is 0.393 e. The Bertz CT molecular complexity index is 185. The van der Waals surface area contributed by atoms with Gasteiger partial charge in [0.2, 0.25) is 0 Å². The molecule has 2 atom stereocenters. The van der Waals surface area contributed by atoms with Crippen molar-refractivity contribution in [3.63, 3.8) is 0 Å². The molecule has 0 heterocycles. The lowest BCUT2D eigenvalue weighted by molar-refractivity contribution is 0.161. The second kappa shape index (κ2) is 4.84. The lowest BCUT2D eigenvalue weighted by atomic mass is 10.0. The van der Waals surface area contributed by atoms with Crippen molar-refractivity contribution in [1.29, 1.82) is 0 Å². The third kappa shape index (κ3) is 3.76. The summed E-state index contributed by atoms with van der Waals surface area (Å²) in [5.74, 6) is 2.57. The molecule has 0 aromatic heterocycles. The zero-order chi connectivity index (χ0) is 10.8. The van der Waals surface area contributed by atoms with Crippen molar-refractivity contribution in [3.8, 4) is 0 Å². The van der Waals surface area contributed by atoms with Gasteiger partial charge in [0, 0.05) is 6.04 Å². The minimum absolute atomic E-state index is 0.151. The van der Waals surface area contributed by atoms with Crippen LogP contribution < -0.4 is 5.32 Å². The first kappa shape index (κ1) is 11.4. The predicted molar refractivity (Wildman–Crippen MR) is 62.7 cm³/mol. The molecule has 2 aliphatic rings. The Labute approximate surface area is 93.5 Å². The third-order valence-electron chi connectivity index (χ3n) is 3.71. The van der Waals surface area contributed by atoms with Gasteiger partial charge in [-0.15, -0.1) is 0 Å². The van der Waals surface area contributed by atoms with E-state index < -0.39 is 0 Å². The Morgan fingerprint density at radius 3 is 2.07 bits per heavy atom. The number of nitrogens with one attached hydrogen (secondary N) is 1. The minimum atomic E-state index is -0.151. The van der Waals surface area contributed by atoms with Crippen LogP contribution in [0.5, 0.6) is 0 Å². The van der Waals surface area contributed by atoms with E-state index in [0.717, 1.165) is 30.8 Å². The van der Waals surface area contributed by atoms with Crippen LogP contribution in [0.2, 0.25) is 0 Å². The Morgan fingerprint density at radius 2 is 1.67 bits per heavy atom. The molecule has 2 N–H and O–H groups in total. The molecule has 0 amide bonds. The number of hydrogen-bond acceptors (Lipinski definition) is 2. The standard InChI is InChI=1S/C13H25NO/c1-9(7-10(2)15)8-14-13(11-3-4-11)12-5-6-12/h9-15H,3-8H2,1-2H3. The first-order valence-electron chi connectivity index (χ1n) is 6.58. The molecular weight excluding hydrogens is 186 g/mol. The summed E-state index contributed by atoms with van der Waals surface area (Å²) in [4.78, 5) is 0. The van der Waals surface area contributed by atoms with Crippen LogP contribution in [0.25, 0.3) is 0 Å². The summed E-state index contributed by atoms with van der Waals surface area (Å²) in [5, 5.41) is 13.0. The molecule has 0 aliphatic heterocycles. The molecule has 2 fully saturated rings. The quantitative estimate of drug-likeness (QED) is 0.676. The normalized spacial score (nSPS) is 25.6. The highest BCUT2D eigenvalue weighted by Crippen LogP contribution is 2.44. The second-order valence-electron chi connectivity index (χ2n) is 5.80. The summed E-state index contributed by atoms with van der Waals surface area (Å²) in [6.45, 7) is 5.20. The molecule has 0 saturated heterocycles. The maximum Gasteiger partial charge on any atom is 0.0515 e. The van der Waals surface area contributed by atoms with Crippen molar-refractivity contribution >= 4 is 0 Å². The average molecular weight is 211 g/mol. The first-order chi connectivity index (χ1) is 7.16. The summed E-state index contributed by atoms with van der Waals surface area (Å²) < 4.78 is 0. The van der Waals surface area contributed by atoms with E-state index in [-0.39, 0.29) is 6.10 Å². The van der Waals surface area contributed by atoms with E-state index in [1.54, 1.807) is 0 Å². The third-order valence-corrected chi connectivity index (χ3v) is 3.71. The molecule has 2 heteroatoms. The molecule has 88 valence electrons. The molecule has 0 bridgehead atoms. The van der Waals surface area contributed by atoms with Crippen molar-refractivity contribution < 1.29 is 5.11 Å².